The van der Waals surface area contributed by atoms with Gasteiger partial charge in [0.05, 0.1) is 0 Å². The first-order valence-electron chi connectivity index (χ1n) is 8.24. The summed E-state index contributed by atoms with van der Waals surface area (Å²) in [6, 6.07) is 0. The molecule has 0 atom stereocenters. The van der Waals surface area contributed by atoms with E-state index in [1.54, 1.807) is 24.6 Å². The van der Waals surface area contributed by atoms with Gasteiger partial charge in [0.1, 0.15) is 0 Å². The molecule has 0 aromatic heterocycles. The van der Waals surface area contributed by atoms with Crippen molar-refractivity contribution in [1.29, 1.82) is 0 Å². The van der Waals surface area contributed by atoms with Crippen LogP contribution in [0.2, 0.25) is 0 Å². The van der Waals surface area contributed by atoms with Crippen molar-refractivity contribution in [2.24, 2.45) is 0 Å². The number of unbranched alkanes of at least 4 members (excludes halogenated alkanes) is 4. The summed E-state index contributed by atoms with van der Waals surface area (Å²) in [5.41, 5.74) is 0. The molecule has 3 heteroatoms. The predicted octanol–water partition coefficient (Wildman–Crippen LogP) is 6.68. The monoisotopic (exact) mass is 357 g/mol. The Morgan fingerprint density at radius 2 is 0.737 bits per heavy atom. The Bertz CT molecular complexity index is 127. The molecule has 0 radical (unpaired) electrons. The minimum Gasteiger partial charge on any atom is -0.344 e. The van der Waals surface area contributed by atoms with Gasteiger partial charge < -0.3 is 6.15 Å². The van der Waals surface area contributed by atoms with Gasteiger partial charge in [0.15, 0.2) is 0 Å². The van der Waals surface area contributed by atoms with Gasteiger partial charge >= 0.3 is 111 Å². The standard InChI is InChI=1S/C16H37P.BrH.H3N/c1-5-9-13-17(14-10-6-2,15-11-7-3)16-12-8-4;;/h17H,5-16H2,1-4H3;1H;1H3. The zero-order valence-electron chi connectivity index (χ0n) is 14.1. The molecule has 0 fully saturated rings. The molecular formula is C16H41BrNP. The van der Waals surface area contributed by atoms with Gasteiger partial charge in [0, 0.05) is 0 Å². The van der Waals surface area contributed by atoms with E-state index in [0.717, 1.165) is 0 Å². The van der Waals surface area contributed by atoms with Gasteiger partial charge in [0.2, 0.25) is 0 Å². The molecule has 0 aliphatic heterocycles. The minimum absolute atomic E-state index is 0. The predicted molar refractivity (Wildman–Crippen MR) is 103 cm³/mol. The Hall–Kier alpha value is 0.870. The largest absolute Gasteiger partial charge is 0.344 e. The summed E-state index contributed by atoms with van der Waals surface area (Å²) in [7, 11) is -0.879. The Morgan fingerprint density at radius 1 is 0.526 bits per heavy atom. The second kappa shape index (κ2) is 16.9. The van der Waals surface area contributed by atoms with Gasteiger partial charge in [-0.05, 0) is 0 Å². The molecule has 0 amide bonds. The maximum atomic E-state index is 2.36. The molecule has 0 aromatic carbocycles. The van der Waals surface area contributed by atoms with Crippen molar-refractivity contribution in [2.75, 3.05) is 24.6 Å². The van der Waals surface area contributed by atoms with Crippen LogP contribution in [0.5, 0.6) is 0 Å². The van der Waals surface area contributed by atoms with Crippen LogP contribution in [0.1, 0.15) is 79.1 Å². The van der Waals surface area contributed by atoms with Crippen molar-refractivity contribution in [3.05, 3.63) is 0 Å². The fraction of sp³-hybridized carbons (Fsp3) is 1.00. The van der Waals surface area contributed by atoms with Gasteiger partial charge in [0.25, 0.3) is 0 Å². The molecule has 0 unspecified atom stereocenters. The first-order chi connectivity index (χ1) is 8.24. The van der Waals surface area contributed by atoms with Crippen LogP contribution in [0.15, 0.2) is 0 Å². The van der Waals surface area contributed by atoms with E-state index >= 15 is 0 Å². The maximum absolute atomic E-state index is 2.36. The SMILES string of the molecule is Br.CCCC[PH](CCCC)(CCCC)CCCC.N. The molecule has 0 spiro atoms. The van der Waals surface area contributed by atoms with Crippen molar-refractivity contribution < 1.29 is 0 Å². The molecule has 3 N–H and O–H groups in total. The van der Waals surface area contributed by atoms with Crippen molar-refractivity contribution in [1.82, 2.24) is 6.15 Å². The number of hydrogen-bond acceptors (Lipinski definition) is 1. The van der Waals surface area contributed by atoms with Crippen LogP contribution in [0.25, 0.3) is 0 Å². The molecule has 0 bridgehead atoms. The Labute approximate surface area is 134 Å². The topological polar surface area (TPSA) is 35.0 Å². The van der Waals surface area contributed by atoms with E-state index in [-0.39, 0.29) is 23.1 Å². The second-order valence-corrected chi connectivity index (χ2v) is 10.9. The molecule has 0 heterocycles. The van der Waals surface area contributed by atoms with E-state index < -0.39 is 7.26 Å². The Morgan fingerprint density at radius 3 is 0.895 bits per heavy atom. The van der Waals surface area contributed by atoms with Gasteiger partial charge in [-0.2, -0.15) is 0 Å². The average Bonchev–Trinajstić information content (AvgIpc) is 2.37. The summed E-state index contributed by atoms with van der Waals surface area (Å²) in [4.78, 5) is 0. The normalized spacial score (nSPS) is 11.6. The second-order valence-electron chi connectivity index (χ2n) is 5.91. The minimum atomic E-state index is -0.879. The summed E-state index contributed by atoms with van der Waals surface area (Å²) in [5, 5.41) is 0. The molecule has 0 aromatic rings. The van der Waals surface area contributed by atoms with Crippen molar-refractivity contribution >= 4 is 24.2 Å². The molecule has 0 aliphatic rings. The zero-order chi connectivity index (χ0) is 13.0. The fourth-order valence-corrected chi connectivity index (χ4v) is 8.87. The van der Waals surface area contributed by atoms with Crippen LogP contribution in [-0.2, 0) is 0 Å². The molecule has 1 nitrogen and oxygen atoms in total. The van der Waals surface area contributed by atoms with Crippen molar-refractivity contribution in [3.8, 4) is 0 Å². The molecule has 0 aliphatic carbocycles. The number of rotatable bonds is 12. The molecule has 0 saturated heterocycles. The van der Waals surface area contributed by atoms with Crippen molar-refractivity contribution in [3.63, 3.8) is 0 Å². The van der Waals surface area contributed by atoms with Crippen LogP contribution >= 0.6 is 24.2 Å². The third-order valence-corrected chi connectivity index (χ3v) is 9.90. The van der Waals surface area contributed by atoms with Gasteiger partial charge in [-0.15, -0.1) is 17.0 Å². The van der Waals surface area contributed by atoms with E-state index in [0.29, 0.717) is 0 Å². The first kappa shape index (κ1) is 24.9. The van der Waals surface area contributed by atoms with Gasteiger partial charge in [-0.3, -0.25) is 0 Å². The van der Waals surface area contributed by atoms with E-state index in [1.165, 1.54) is 51.4 Å². The Kier molecular flexibility index (Phi) is 22.1. The fourth-order valence-electron chi connectivity index (χ4n) is 2.96. The van der Waals surface area contributed by atoms with Crippen LogP contribution in [0.3, 0.4) is 0 Å². The van der Waals surface area contributed by atoms with E-state index in [9.17, 15) is 0 Å². The van der Waals surface area contributed by atoms with E-state index in [4.69, 9.17) is 0 Å². The molecule has 0 saturated carbocycles. The quantitative estimate of drug-likeness (QED) is 0.388. The van der Waals surface area contributed by atoms with Crippen molar-refractivity contribution in [2.45, 2.75) is 79.1 Å². The molecular weight excluding hydrogens is 317 g/mol. The first-order valence-corrected chi connectivity index (χ1v) is 11.1. The van der Waals surface area contributed by atoms with Crippen LogP contribution in [0, 0.1) is 0 Å². The zero-order valence-corrected chi connectivity index (χ0v) is 16.8. The summed E-state index contributed by atoms with van der Waals surface area (Å²) >= 11 is 0. The van der Waals surface area contributed by atoms with Crippen LogP contribution in [0.4, 0.5) is 0 Å². The molecule has 122 valence electrons. The third-order valence-electron chi connectivity index (χ3n) is 4.24. The van der Waals surface area contributed by atoms with E-state index in [1.807, 2.05) is 0 Å². The summed E-state index contributed by atoms with van der Waals surface area (Å²) in [5.74, 6) is 0. The third kappa shape index (κ3) is 12.3. The van der Waals surface area contributed by atoms with Gasteiger partial charge in [-0.1, -0.05) is 0 Å². The summed E-state index contributed by atoms with van der Waals surface area (Å²) < 4.78 is 0. The van der Waals surface area contributed by atoms with Crippen LogP contribution in [-0.4, -0.2) is 24.6 Å². The van der Waals surface area contributed by atoms with Crippen LogP contribution < -0.4 is 6.15 Å². The number of hydrogen-bond donors (Lipinski definition) is 1. The molecule has 0 rings (SSSR count). The van der Waals surface area contributed by atoms with E-state index in [2.05, 4.69) is 27.7 Å². The van der Waals surface area contributed by atoms with Gasteiger partial charge in [-0.25, -0.2) is 0 Å². The maximum Gasteiger partial charge on any atom is -0.344 e. The smallest absolute Gasteiger partial charge is 0.344 e. The molecule has 19 heavy (non-hydrogen) atoms. The summed E-state index contributed by atoms with van der Waals surface area (Å²) in [6.07, 6.45) is 18.1. The summed E-state index contributed by atoms with van der Waals surface area (Å²) in [6.45, 7) is 9.44. The Balaban J connectivity index is -0.00000128. The average molecular weight is 358 g/mol. The number of halogens is 1.